The molecule has 7 heteroatoms. The summed E-state index contributed by atoms with van der Waals surface area (Å²) in [6.07, 6.45) is 4.36. The number of hydrogen-bond donors (Lipinski definition) is 1. The Hall–Kier alpha value is -2.73. The van der Waals surface area contributed by atoms with E-state index in [2.05, 4.69) is 15.3 Å². The molecule has 6 nitrogen and oxygen atoms in total. The highest BCUT2D eigenvalue weighted by Crippen LogP contribution is 2.10. The van der Waals surface area contributed by atoms with Crippen molar-refractivity contribution in [2.24, 2.45) is 0 Å². The van der Waals surface area contributed by atoms with Crippen molar-refractivity contribution in [3.63, 3.8) is 0 Å². The van der Waals surface area contributed by atoms with Crippen LogP contribution in [-0.2, 0) is 0 Å². The van der Waals surface area contributed by atoms with Crippen molar-refractivity contribution >= 4 is 29.0 Å². The van der Waals surface area contributed by atoms with Gasteiger partial charge in [0.2, 0.25) is 5.78 Å². The van der Waals surface area contributed by atoms with Gasteiger partial charge in [-0.15, -0.1) is 0 Å². The van der Waals surface area contributed by atoms with Crippen LogP contribution in [-0.4, -0.2) is 20.3 Å². The van der Waals surface area contributed by atoms with E-state index in [9.17, 15) is 9.59 Å². The van der Waals surface area contributed by atoms with E-state index in [1.165, 1.54) is 23.0 Å². The fraction of sp³-hybridized carbons (Fsp3) is 0. The van der Waals surface area contributed by atoms with Crippen LogP contribution in [0.3, 0.4) is 0 Å². The van der Waals surface area contributed by atoms with E-state index in [0.717, 1.165) is 0 Å². The molecule has 0 aliphatic heterocycles. The van der Waals surface area contributed by atoms with Crippen LogP contribution in [0.1, 0.15) is 10.4 Å². The van der Waals surface area contributed by atoms with Crippen LogP contribution in [0.25, 0.3) is 5.78 Å². The number of fused-ring (bicyclic) bond motifs is 1. The molecule has 104 valence electrons. The third kappa shape index (κ3) is 2.61. The summed E-state index contributed by atoms with van der Waals surface area (Å²) in [5.74, 6) is -0.138. The summed E-state index contributed by atoms with van der Waals surface area (Å²) < 4.78 is 1.26. The van der Waals surface area contributed by atoms with Crippen LogP contribution in [0.15, 0.2) is 53.7 Å². The summed E-state index contributed by atoms with van der Waals surface area (Å²) in [6, 6.07) is 7.97. The smallest absolute Gasteiger partial charge is 0.282 e. The number of carbonyl (C=O) groups is 1. The van der Waals surface area contributed by atoms with Gasteiger partial charge in [0.15, 0.2) is 0 Å². The molecule has 2 aromatic heterocycles. The predicted octanol–water partition coefficient (Wildman–Crippen LogP) is 2.00. The van der Waals surface area contributed by atoms with Gasteiger partial charge < -0.3 is 5.32 Å². The lowest BCUT2D eigenvalue weighted by molar-refractivity contribution is 0.102. The van der Waals surface area contributed by atoms with Crippen LogP contribution in [0.4, 0.5) is 5.69 Å². The number of carbonyl (C=O) groups excluding carboxylic acids is 1. The Morgan fingerprint density at radius 2 is 1.95 bits per heavy atom. The van der Waals surface area contributed by atoms with Gasteiger partial charge >= 0.3 is 0 Å². The van der Waals surface area contributed by atoms with E-state index in [1.807, 2.05) is 0 Å². The number of benzene rings is 1. The minimum absolute atomic E-state index is 0.0837. The van der Waals surface area contributed by atoms with E-state index in [4.69, 9.17) is 11.6 Å². The highest BCUT2D eigenvalue weighted by atomic mass is 35.5. The summed E-state index contributed by atoms with van der Waals surface area (Å²) in [5.41, 5.74) is 0.0888. The van der Waals surface area contributed by atoms with E-state index < -0.39 is 11.5 Å². The third-order valence-electron chi connectivity index (χ3n) is 2.84. The molecule has 3 rings (SSSR count). The molecule has 0 atom stereocenters. The van der Waals surface area contributed by atoms with Crippen molar-refractivity contribution in [2.75, 3.05) is 5.32 Å². The summed E-state index contributed by atoms with van der Waals surface area (Å²) in [5, 5.41) is 3.06. The van der Waals surface area contributed by atoms with Gasteiger partial charge in [0, 0.05) is 23.0 Å². The Morgan fingerprint density at radius 3 is 2.71 bits per heavy atom. The first-order valence-corrected chi connectivity index (χ1v) is 6.42. The highest BCUT2D eigenvalue weighted by Gasteiger charge is 2.10. The zero-order valence-electron chi connectivity index (χ0n) is 10.7. The standard InChI is InChI=1S/C14H9ClN4O2/c15-10-4-2-9(3-5-10)12(20)18-11-8-17-14-16-6-1-7-19(14)13(11)21/h1-8H,(H,18,20). The molecule has 21 heavy (non-hydrogen) atoms. The van der Waals surface area contributed by atoms with Crippen LogP contribution < -0.4 is 10.9 Å². The normalized spacial score (nSPS) is 10.5. The van der Waals surface area contributed by atoms with Gasteiger partial charge in [0.05, 0.1) is 6.20 Å². The van der Waals surface area contributed by atoms with E-state index in [-0.39, 0.29) is 11.5 Å². The van der Waals surface area contributed by atoms with Gasteiger partial charge in [-0.2, -0.15) is 0 Å². The van der Waals surface area contributed by atoms with Crippen LogP contribution in [0, 0.1) is 0 Å². The molecule has 0 unspecified atom stereocenters. The highest BCUT2D eigenvalue weighted by molar-refractivity contribution is 6.30. The second kappa shape index (κ2) is 5.34. The topological polar surface area (TPSA) is 76.4 Å². The summed E-state index contributed by atoms with van der Waals surface area (Å²) in [7, 11) is 0. The van der Waals surface area contributed by atoms with Crippen LogP contribution in [0.2, 0.25) is 5.02 Å². The fourth-order valence-corrected chi connectivity index (χ4v) is 1.93. The van der Waals surface area contributed by atoms with Gasteiger partial charge in [-0.05, 0) is 30.3 Å². The third-order valence-corrected chi connectivity index (χ3v) is 3.09. The molecule has 0 bridgehead atoms. The van der Waals surface area contributed by atoms with Gasteiger partial charge in [-0.1, -0.05) is 11.6 Å². The quantitative estimate of drug-likeness (QED) is 0.785. The zero-order valence-corrected chi connectivity index (χ0v) is 11.4. The number of hydrogen-bond acceptors (Lipinski definition) is 4. The number of aromatic nitrogens is 3. The molecule has 0 radical (unpaired) electrons. The fourth-order valence-electron chi connectivity index (χ4n) is 1.81. The molecule has 0 aliphatic carbocycles. The Morgan fingerprint density at radius 1 is 1.19 bits per heavy atom. The molecule has 0 aliphatic rings. The second-order valence-corrected chi connectivity index (χ2v) is 4.66. The Balaban J connectivity index is 1.95. The number of anilines is 1. The molecule has 2 heterocycles. The van der Waals surface area contributed by atoms with Gasteiger partial charge in [-0.3, -0.25) is 14.0 Å². The van der Waals surface area contributed by atoms with Gasteiger partial charge in [-0.25, -0.2) is 9.97 Å². The Kier molecular flexibility index (Phi) is 3.37. The second-order valence-electron chi connectivity index (χ2n) is 4.23. The molecular formula is C14H9ClN4O2. The predicted molar refractivity (Wildman–Crippen MR) is 78.7 cm³/mol. The molecule has 1 amide bonds. The maximum absolute atomic E-state index is 12.2. The average Bonchev–Trinajstić information content (AvgIpc) is 2.51. The van der Waals surface area contributed by atoms with Gasteiger partial charge in [0.1, 0.15) is 5.69 Å². The zero-order chi connectivity index (χ0) is 14.8. The molecule has 0 saturated heterocycles. The first-order valence-electron chi connectivity index (χ1n) is 6.04. The maximum atomic E-state index is 12.2. The van der Waals surface area contributed by atoms with Crippen LogP contribution in [0.5, 0.6) is 0 Å². The Bertz CT molecular complexity index is 874. The van der Waals surface area contributed by atoms with Crippen LogP contribution >= 0.6 is 11.6 Å². The average molecular weight is 301 g/mol. The molecule has 1 N–H and O–H groups in total. The number of nitrogens with zero attached hydrogens (tertiary/aromatic N) is 3. The summed E-state index contributed by atoms with van der Waals surface area (Å²) in [6.45, 7) is 0. The first kappa shape index (κ1) is 13.3. The van der Waals surface area contributed by atoms with E-state index >= 15 is 0 Å². The summed E-state index contributed by atoms with van der Waals surface area (Å²) in [4.78, 5) is 32.2. The summed E-state index contributed by atoms with van der Waals surface area (Å²) >= 11 is 5.77. The van der Waals surface area contributed by atoms with Crippen molar-refractivity contribution in [2.45, 2.75) is 0 Å². The lowest BCUT2D eigenvalue weighted by Crippen LogP contribution is -2.23. The van der Waals surface area contributed by atoms with Crippen molar-refractivity contribution in [1.29, 1.82) is 0 Å². The van der Waals surface area contributed by atoms with Gasteiger partial charge in [0.25, 0.3) is 11.5 Å². The van der Waals surface area contributed by atoms with Crippen molar-refractivity contribution < 1.29 is 4.79 Å². The number of halogens is 1. The molecule has 0 spiro atoms. The molecule has 1 aromatic carbocycles. The molecule has 0 saturated carbocycles. The minimum atomic E-state index is -0.408. The lowest BCUT2D eigenvalue weighted by atomic mass is 10.2. The minimum Gasteiger partial charge on any atom is -0.316 e. The van der Waals surface area contributed by atoms with Crippen molar-refractivity contribution in [3.8, 4) is 0 Å². The monoisotopic (exact) mass is 300 g/mol. The number of amides is 1. The lowest BCUT2D eigenvalue weighted by Gasteiger charge is -2.05. The van der Waals surface area contributed by atoms with E-state index in [0.29, 0.717) is 10.6 Å². The largest absolute Gasteiger partial charge is 0.316 e. The number of rotatable bonds is 2. The molecule has 3 aromatic rings. The maximum Gasteiger partial charge on any atom is 0.282 e. The molecule has 0 fully saturated rings. The van der Waals surface area contributed by atoms with Crippen molar-refractivity contribution in [3.05, 3.63) is 69.9 Å². The first-order chi connectivity index (χ1) is 10.1. The SMILES string of the molecule is O=C(Nc1cnc2ncccn2c1=O)c1ccc(Cl)cc1. The molecular weight excluding hydrogens is 292 g/mol. The number of nitrogens with one attached hydrogen (secondary N) is 1. The van der Waals surface area contributed by atoms with E-state index in [1.54, 1.807) is 30.3 Å². The Labute approximate surface area is 124 Å². The van der Waals surface area contributed by atoms with Crippen molar-refractivity contribution in [1.82, 2.24) is 14.4 Å².